The van der Waals surface area contributed by atoms with Crippen LogP contribution in [0.15, 0.2) is 23.1 Å². The van der Waals surface area contributed by atoms with Gasteiger partial charge in [-0.25, -0.2) is 0 Å². The predicted octanol–water partition coefficient (Wildman–Crippen LogP) is 4.25. The van der Waals surface area contributed by atoms with E-state index in [4.69, 9.17) is 11.6 Å². The first-order valence-electron chi connectivity index (χ1n) is 4.43. The maximum absolute atomic E-state index is 12.3. The Balaban J connectivity index is 2.90. The number of alkyl halides is 4. The summed E-state index contributed by atoms with van der Waals surface area (Å²) >= 11 is 7.00. The second-order valence-corrected chi connectivity index (χ2v) is 5.70. The Kier molecular flexibility index (Phi) is 5.59. The van der Waals surface area contributed by atoms with E-state index in [0.29, 0.717) is 9.13 Å². The molecule has 1 aromatic rings. The van der Waals surface area contributed by atoms with Gasteiger partial charge < -0.3 is 0 Å². The van der Waals surface area contributed by atoms with Crippen molar-refractivity contribution in [3.05, 3.63) is 27.3 Å². The first kappa shape index (κ1) is 15.1. The lowest BCUT2D eigenvalue weighted by Crippen LogP contribution is -2.05. The second kappa shape index (κ2) is 6.29. The van der Waals surface area contributed by atoms with E-state index >= 15 is 0 Å². The molecule has 0 aliphatic rings. The molecule has 7 heteroatoms. The van der Waals surface area contributed by atoms with Crippen LogP contribution in [0.25, 0.3) is 0 Å². The zero-order chi connectivity index (χ0) is 13.1. The molecule has 1 nitrogen and oxygen atoms in total. The van der Waals surface area contributed by atoms with Crippen LogP contribution in [0.2, 0.25) is 0 Å². The van der Waals surface area contributed by atoms with E-state index < -0.39 is 5.51 Å². The Morgan fingerprint density at radius 3 is 2.59 bits per heavy atom. The Hall–Kier alpha value is 0.0500. The maximum atomic E-state index is 12.3. The summed E-state index contributed by atoms with van der Waals surface area (Å²) in [5.41, 5.74) is -3.78. The molecular weight excluding hydrogens is 388 g/mol. The highest BCUT2D eigenvalue weighted by molar-refractivity contribution is 14.1. The van der Waals surface area contributed by atoms with Crippen LogP contribution in [0, 0.1) is 3.57 Å². The van der Waals surface area contributed by atoms with E-state index in [0.717, 1.165) is 0 Å². The third-order valence-electron chi connectivity index (χ3n) is 1.77. The summed E-state index contributed by atoms with van der Waals surface area (Å²) in [6, 6.07) is 4.57. The Morgan fingerprint density at radius 2 is 2.06 bits per heavy atom. The van der Waals surface area contributed by atoms with Crippen molar-refractivity contribution in [1.29, 1.82) is 0 Å². The van der Waals surface area contributed by atoms with Crippen molar-refractivity contribution < 1.29 is 18.0 Å². The van der Waals surface area contributed by atoms with Crippen LogP contribution in [0.1, 0.15) is 5.56 Å². The smallest absolute Gasteiger partial charge is 0.298 e. The number of carbonyl (C=O) groups is 1. The molecular formula is C10H7ClF3IOS. The van der Waals surface area contributed by atoms with Gasteiger partial charge >= 0.3 is 5.51 Å². The van der Waals surface area contributed by atoms with Crippen LogP contribution >= 0.6 is 46.0 Å². The van der Waals surface area contributed by atoms with Crippen LogP contribution in [0.4, 0.5) is 13.2 Å². The van der Waals surface area contributed by atoms with E-state index in [1.54, 1.807) is 12.1 Å². The van der Waals surface area contributed by atoms with Crippen molar-refractivity contribution >= 4 is 51.7 Å². The summed E-state index contributed by atoms with van der Waals surface area (Å²) in [4.78, 5) is 11.2. The molecule has 0 fully saturated rings. The molecule has 17 heavy (non-hydrogen) atoms. The second-order valence-electron chi connectivity index (χ2n) is 3.16. The van der Waals surface area contributed by atoms with Gasteiger partial charge in [0.05, 0.1) is 5.88 Å². The van der Waals surface area contributed by atoms with Crippen molar-refractivity contribution in [2.24, 2.45) is 0 Å². The molecule has 1 aromatic carbocycles. The minimum absolute atomic E-state index is 0.0613. The summed E-state index contributed by atoms with van der Waals surface area (Å²) in [6.45, 7) is 0. The normalized spacial score (nSPS) is 11.6. The van der Waals surface area contributed by atoms with Gasteiger partial charge in [0.2, 0.25) is 0 Å². The molecule has 0 radical (unpaired) electrons. The number of thioether (sulfide) groups is 1. The van der Waals surface area contributed by atoms with Crippen LogP contribution in [-0.2, 0) is 11.2 Å². The third-order valence-corrected chi connectivity index (χ3v) is 4.17. The van der Waals surface area contributed by atoms with E-state index in [1.807, 2.05) is 22.6 Å². The van der Waals surface area contributed by atoms with Gasteiger partial charge in [-0.1, -0.05) is 6.07 Å². The number of hydrogen-bond donors (Lipinski definition) is 0. The van der Waals surface area contributed by atoms with Gasteiger partial charge in [0.15, 0.2) is 5.78 Å². The average molecular weight is 395 g/mol. The van der Waals surface area contributed by atoms with Crippen molar-refractivity contribution in [2.45, 2.75) is 16.8 Å². The fraction of sp³-hybridized carbons (Fsp3) is 0.300. The summed E-state index contributed by atoms with van der Waals surface area (Å²) in [5, 5.41) is 0. The standard InChI is InChI=1S/C10H7ClF3IOS/c11-5-7(16)3-6-1-2-8(15)9(4-6)17-10(12,13)14/h1-2,4H,3,5H2. The van der Waals surface area contributed by atoms with Crippen LogP contribution < -0.4 is 0 Å². The Labute approximate surface area is 119 Å². The number of ketones is 1. The van der Waals surface area contributed by atoms with Crippen LogP contribution in [0.3, 0.4) is 0 Å². The fourth-order valence-electron chi connectivity index (χ4n) is 1.14. The van der Waals surface area contributed by atoms with Crippen molar-refractivity contribution in [2.75, 3.05) is 5.88 Å². The largest absolute Gasteiger partial charge is 0.446 e. The number of benzene rings is 1. The minimum atomic E-state index is -4.32. The van der Waals surface area contributed by atoms with E-state index in [9.17, 15) is 18.0 Å². The number of halogens is 5. The lowest BCUT2D eigenvalue weighted by atomic mass is 10.1. The SMILES string of the molecule is O=C(CCl)Cc1ccc(I)c(SC(F)(F)F)c1. The van der Waals surface area contributed by atoms with E-state index in [1.165, 1.54) is 6.07 Å². The maximum Gasteiger partial charge on any atom is 0.446 e. The fourth-order valence-corrected chi connectivity index (χ4v) is 2.52. The number of hydrogen-bond acceptors (Lipinski definition) is 2. The van der Waals surface area contributed by atoms with Gasteiger partial charge in [-0.3, -0.25) is 4.79 Å². The first-order valence-corrected chi connectivity index (χ1v) is 6.86. The van der Waals surface area contributed by atoms with Gasteiger partial charge in [0.1, 0.15) is 0 Å². The van der Waals surface area contributed by atoms with Crippen LogP contribution in [-0.4, -0.2) is 17.2 Å². The monoisotopic (exact) mass is 394 g/mol. The van der Waals surface area contributed by atoms with Gasteiger partial charge in [0.25, 0.3) is 0 Å². The predicted molar refractivity (Wildman–Crippen MR) is 70.5 cm³/mol. The van der Waals surface area contributed by atoms with E-state index in [2.05, 4.69) is 0 Å². The summed E-state index contributed by atoms with van der Waals surface area (Å²) in [6.07, 6.45) is 0.0613. The Morgan fingerprint density at radius 1 is 1.41 bits per heavy atom. The minimum Gasteiger partial charge on any atom is -0.298 e. The van der Waals surface area contributed by atoms with Gasteiger partial charge in [0, 0.05) is 14.9 Å². The molecule has 0 aliphatic heterocycles. The molecule has 1 rings (SSSR count). The number of rotatable bonds is 4. The zero-order valence-corrected chi connectivity index (χ0v) is 12.1. The van der Waals surface area contributed by atoms with Gasteiger partial charge in [-0.2, -0.15) is 13.2 Å². The molecule has 0 bridgehead atoms. The van der Waals surface area contributed by atoms with Crippen molar-refractivity contribution in [3.63, 3.8) is 0 Å². The first-order chi connectivity index (χ1) is 7.81. The molecule has 0 amide bonds. The molecule has 0 aliphatic carbocycles. The van der Waals surface area contributed by atoms with Gasteiger partial charge in [-0.15, -0.1) is 11.6 Å². The topological polar surface area (TPSA) is 17.1 Å². The molecule has 0 N–H and O–H groups in total. The molecule has 0 saturated heterocycles. The highest BCUT2D eigenvalue weighted by Gasteiger charge is 2.30. The lowest BCUT2D eigenvalue weighted by Gasteiger charge is -2.09. The molecule has 0 spiro atoms. The highest BCUT2D eigenvalue weighted by atomic mass is 127. The molecule has 0 unspecified atom stereocenters. The zero-order valence-electron chi connectivity index (χ0n) is 8.35. The van der Waals surface area contributed by atoms with Crippen LogP contribution in [0.5, 0.6) is 0 Å². The molecule has 0 atom stereocenters. The van der Waals surface area contributed by atoms with E-state index in [-0.39, 0.29) is 34.7 Å². The molecule has 0 saturated carbocycles. The summed E-state index contributed by atoms with van der Waals surface area (Å²) < 4.78 is 37.3. The summed E-state index contributed by atoms with van der Waals surface area (Å²) in [7, 11) is 0. The quantitative estimate of drug-likeness (QED) is 0.431. The average Bonchev–Trinajstić information content (AvgIpc) is 2.21. The van der Waals surface area contributed by atoms with Gasteiger partial charge in [-0.05, 0) is 52.0 Å². The molecule has 94 valence electrons. The third kappa shape index (κ3) is 5.48. The van der Waals surface area contributed by atoms with Crippen molar-refractivity contribution in [1.82, 2.24) is 0 Å². The molecule has 0 heterocycles. The Bertz CT molecular complexity index is 423. The van der Waals surface area contributed by atoms with Crippen molar-refractivity contribution in [3.8, 4) is 0 Å². The molecule has 0 aromatic heterocycles. The summed E-state index contributed by atoms with van der Waals surface area (Å²) in [5.74, 6) is -0.343. The highest BCUT2D eigenvalue weighted by Crippen LogP contribution is 2.39. The lowest BCUT2D eigenvalue weighted by molar-refractivity contribution is -0.116. The number of carbonyl (C=O) groups excluding carboxylic acids is 1. The number of Topliss-reactive ketones (excluding diaryl/α,β-unsaturated/α-hetero) is 1.